The van der Waals surface area contributed by atoms with E-state index in [2.05, 4.69) is 21.2 Å². The highest BCUT2D eigenvalue weighted by molar-refractivity contribution is 6.33. The molecule has 1 fully saturated rings. The zero-order valence-electron chi connectivity index (χ0n) is 21.1. The van der Waals surface area contributed by atoms with Crippen LogP contribution in [0, 0.1) is 18.3 Å². The van der Waals surface area contributed by atoms with Crippen molar-refractivity contribution in [2.75, 3.05) is 41.3 Å². The Labute approximate surface area is 226 Å². The molecule has 0 unspecified atom stereocenters. The van der Waals surface area contributed by atoms with Gasteiger partial charge < -0.3 is 20.2 Å². The predicted molar refractivity (Wildman–Crippen MR) is 150 cm³/mol. The molecule has 0 amide bonds. The Morgan fingerprint density at radius 1 is 1.05 bits per heavy atom. The van der Waals surface area contributed by atoms with Crippen LogP contribution in [-0.2, 0) is 0 Å². The standard InChI is InChI=1S/C29H27ClN6O2/c1-18-15-21(19(2)32-23-9-5-3-7-20(23)29(37)38)27-24(16-18)33-25(17-31)28(34-27)36-13-11-35(12-14-36)26-10-6-4-8-22(26)30/h3-10,15-16,19,32H,11-14H2,1-2H3,(H,37,38)/t19-/m1/s1. The molecule has 0 aliphatic carbocycles. The van der Waals surface area contributed by atoms with E-state index in [1.165, 1.54) is 0 Å². The molecule has 1 aliphatic rings. The SMILES string of the molecule is Cc1cc([C@@H](C)Nc2ccccc2C(=O)O)c2nc(N3CCN(c4ccccc4Cl)CC3)c(C#N)nc2c1. The molecule has 1 aromatic heterocycles. The van der Waals surface area contributed by atoms with Crippen molar-refractivity contribution in [3.05, 3.63) is 88.1 Å². The fourth-order valence-electron chi connectivity index (χ4n) is 4.92. The van der Waals surface area contributed by atoms with Gasteiger partial charge in [-0.25, -0.2) is 14.8 Å². The molecule has 8 nitrogen and oxygen atoms in total. The lowest BCUT2D eigenvalue weighted by molar-refractivity contribution is 0.0698. The van der Waals surface area contributed by atoms with Gasteiger partial charge in [0.2, 0.25) is 0 Å². The van der Waals surface area contributed by atoms with E-state index in [-0.39, 0.29) is 17.3 Å². The Bertz CT molecular complexity index is 1560. The predicted octanol–water partition coefficient (Wildman–Crippen LogP) is 5.66. The first-order valence-corrected chi connectivity index (χ1v) is 12.8. The summed E-state index contributed by atoms with van der Waals surface area (Å²) in [7, 11) is 0. The van der Waals surface area contributed by atoms with Crippen LogP contribution in [0.2, 0.25) is 5.02 Å². The number of hydrogen-bond donors (Lipinski definition) is 2. The zero-order chi connectivity index (χ0) is 26.8. The molecule has 1 saturated heterocycles. The Morgan fingerprint density at radius 2 is 1.74 bits per heavy atom. The number of nitriles is 1. The number of piperazine rings is 1. The number of nitrogens with zero attached hydrogens (tertiary/aromatic N) is 5. The average molecular weight is 527 g/mol. The van der Waals surface area contributed by atoms with Gasteiger partial charge in [0.05, 0.1) is 33.3 Å². The highest BCUT2D eigenvalue weighted by Gasteiger charge is 2.24. The minimum absolute atomic E-state index is 0.200. The summed E-state index contributed by atoms with van der Waals surface area (Å²) in [6.07, 6.45) is 0. The molecule has 0 saturated carbocycles. The first-order chi connectivity index (χ1) is 18.4. The van der Waals surface area contributed by atoms with Crippen molar-refractivity contribution in [2.45, 2.75) is 19.9 Å². The van der Waals surface area contributed by atoms with Crippen LogP contribution in [0.15, 0.2) is 60.7 Å². The number of fused-ring (bicyclic) bond motifs is 1. The van der Waals surface area contributed by atoms with Gasteiger partial charge in [0.1, 0.15) is 6.07 Å². The van der Waals surface area contributed by atoms with Crippen molar-refractivity contribution in [3.63, 3.8) is 0 Å². The van der Waals surface area contributed by atoms with Crippen LogP contribution in [-0.4, -0.2) is 47.2 Å². The van der Waals surface area contributed by atoms with Crippen molar-refractivity contribution in [1.82, 2.24) is 9.97 Å². The first kappa shape index (κ1) is 25.3. The van der Waals surface area contributed by atoms with Crippen LogP contribution in [0.3, 0.4) is 0 Å². The number of rotatable bonds is 6. The monoisotopic (exact) mass is 526 g/mol. The van der Waals surface area contributed by atoms with E-state index in [4.69, 9.17) is 21.6 Å². The van der Waals surface area contributed by atoms with Crippen LogP contribution in [0.1, 0.15) is 40.1 Å². The van der Waals surface area contributed by atoms with Crippen molar-refractivity contribution < 1.29 is 9.90 Å². The van der Waals surface area contributed by atoms with Crippen LogP contribution in [0.5, 0.6) is 0 Å². The smallest absolute Gasteiger partial charge is 0.337 e. The second-order valence-electron chi connectivity index (χ2n) is 9.37. The maximum absolute atomic E-state index is 11.7. The Morgan fingerprint density at radius 3 is 2.45 bits per heavy atom. The Hall–Kier alpha value is -4.35. The van der Waals surface area contributed by atoms with Crippen molar-refractivity contribution >= 4 is 45.8 Å². The minimum Gasteiger partial charge on any atom is -0.478 e. The molecular formula is C29H27ClN6O2. The number of halogens is 1. The highest BCUT2D eigenvalue weighted by atomic mass is 35.5. The maximum Gasteiger partial charge on any atom is 0.337 e. The number of anilines is 3. The van der Waals surface area contributed by atoms with Gasteiger partial charge in [-0.3, -0.25) is 0 Å². The van der Waals surface area contributed by atoms with Crippen LogP contribution < -0.4 is 15.1 Å². The van der Waals surface area contributed by atoms with Crippen LogP contribution in [0.25, 0.3) is 11.0 Å². The third-order valence-corrected chi connectivity index (χ3v) is 7.12. The lowest BCUT2D eigenvalue weighted by Gasteiger charge is -2.37. The Balaban J connectivity index is 1.48. The summed E-state index contributed by atoms with van der Waals surface area (Å²) in [6.45, 7) is 6.74. The largest absolute Gasteiger partial charge is 0.478 e. The van der Waals surface area contributed by atoms with Crippen LogP contribution >= 0.6 is 11.6 Å². The third-order valence-electron chi connectivity index (χ3n) is 6.80. The fourth-order valence-corrected chi connectivity index (χ4v) is 5.18. The maximum atomic E-state index is 11.7. The van der Waals surface area contributed by atoms with Gasteiger partial charge in [-0.2, -0.15) is 5.26 Å². The lowest BCUT2D eigenvalue weighted by Crippen LogP contribution is -2.47. The molecule has 9 heteroatoms. The molecule has 1 aliphatic heterocycles. The van der Waals surface area contributed by atoms with Crippen LogP contribution in [0.4, 0.5) is 17.2 Å². The normalized spacial score (nSPS) is 14.3. The average Bonchev–Trinajstić information content (AvgIpc) is 2.92. The van der Waals surface area contributed by atoms with E-state index in [0.29, 0.717) is 35.6 Å². The number of nitrogens with one attached hydrogen (secondary N) is 1. The van der Waals surface area contributed by atoms with Gasteiger partial charge in [-0.1, -0.05) is 41.9 Å². The number of carbonyl (C=O) groups is 1. The summed E-state index contributed by atoms with van der Waals surface area (Å²) in [5.74, 6) is -0.437. The minimum atomic E-state index is -0.994. The van der Waals surface area contributed by atoms with E-state index in [1.54, 1.807) is 24.3 Å². The number of aromatic nitrogens is 2. The number of carboxylic acid groups (broad SMARTS) is 1. The molecule has 38 heavy (non-hydrogen) atoms. The summed E-state index contributed by atoms with van der Waals surface area (Å²) in [4.78, 5) is 25.7. The molecule has 4 aromatic rings. The summed E-state index contributed by atoms with van der Waals surface area (Å²) in [5.41, 5.74) is 5.20. The van der Waals surface area contributed by atoms with Gasteiger partial charge >= 0.3 is 5.97 Å². The number of aryl methyl sites for hydroxylation is 1. The molecule has 192 valence electrons. The second kappa shape index (κ2) is 10.6. The zero-order valence-corrected chi connectivity index (χ0v) is 21.9. The van der Waals surface area contributed by atoms with Crippen molar-refractivity contribution in [1.29, 1.82) is 5.26 Å². The first-order valence-electron chi connectivity index (χ1n) is 12.4. The molecule has 2 N–H and O–H groups in total. The summed E-state index contributed by atoms with van der Waals surface area (Å²) in [5, 5.41) is 23.6. The molecule has 0 radical (unpaired) electrons. The van der Waals surface area contributed by atoms with E-state index in [0.717, 1.165) is 34.9 Å². The van der Waals surface area contributed by atoms with E-state index < -0.39 is 5.97 Å². The number of benzene rings is 3. The summed E-state index contributed by atoms with van der Waals surface area (Å²) in [6, 6.07) is 20.6. The van der Waals surface area contributed by atoms with Gasteiger partial charge in [0.15, 0.2) is 11.5 Å². The topological polar surface area (TPSA) is 105 Å². The van der Waals surface area contributed by atoms with Gasteiger partial charge in [-0.15, -0.1) is 0 Å². The molecule has 3 aromatic carbocycles. The van der Waals surface area contributed by atoms with E-state index in [9.17, 15) is 15.2 Å². The van der Waals surface area contributed by atoms with E-state index >= 15 is 0 Å². The van der Waals surface area contributed by atoms with Crippen molar-refractivity contribution in [3.8, 4) is 6.07 Å². The number of para-hydroxylation sites is 2. The van der Waals surface area contributed by atoms with Gasteiger partial charge in [0, 0.05) is 37.4 Å². The Kier molecular flexibility index (Phi) is 7.03. The number of aromatic carboxylic acids is 1. The molecule has 5 rings (SSSR count). The number of hydrogen-bond acceptors (Lipinski definition) is 7. The quantitative estimate of drug-likeness (QED) is 0.331. The van der Waals surface area contributed by atoms with Gasteiger partial charge in [-0.05, 0) is 49.7 Å². The summed E-state index contributed by atoms with van der Waals surface area (Å²) < 4.78 is 0. The van der Waals surface area contributed by atoms with Crippen molar-refractivity contribution in [2.24, 2.45) is 0 Å². The lowest BCUT2D eigenvalue weighted by atomic mass is 10.0. The molecule has 0 spiro atoms. The fraction of sp³-hybridized carbons (Fsp3) is 0.241. The number of carboxylic acids is 1. The molecular weight excluding hydrogens is 500 g/mol. The third kappa shape index (κ3) is 4.93. The molecule has 1 atom stereocenters. The van der Waals surface area contributed by atoms with Gasteiger partial charge in [0.25, 0.3) is 0 Å². The molecule has 0 bridgehead atoms. The summed E-state index contributed by atoms with van der Waals surface area (Å²) >= 11 is 6.41. The second-order valence-corrected chi connectivity index (χ2v) is 9.78. The highest BCUT2D eigenvalue weighted by Crippen LogP contribution is 2.32. The molecule has 2 heterocycles. The van der Waals surface area contributed by atoms with E-state index in [1.807, 2.05) is 50.2 Å².